The summed E-state index contributed by atoms with van der Waals surface area (Å²) in [6.45, 7) is 6.67. The Bertz CT molecular complexity index is 260. The van der Waals surface area contributed by atoms with Crippen LogP contribution in [0.25, 0.3) is 0 Å². The maximum Gasteiger partial charge on any atom is 0.221 e. The van der Waals surface area contributed by atoms with E-state index in [2.05, 4.69) is 10.2 Å². The number of nitrogens with one attached hydrogen (secondary N) is 1. The van der Waals surface area contributed by atoms with Crippen LogP contribution in [0.3, 0.4) is 0 Å². The van der Waals surface area contributed by atoms with Crippen LogP contribution in [-0.2, 0) is 4.79 Å². The molecule has 0 atom stereocenters. The Balaban J connectivity index is 2.43. The predicted octanol–water partition coefficient (Wildman–Crippen LogP) is 2.27. The molecular weight excluding hydrogens is 250 g/mol. The van der Waals surface area contributed by atoms with E-state index in [0.29, 0.717) is 12.5 Å². The van der Waals surface area contributed by atoms with Crippen LogP contribution in [0, 0.1) is 0 Å². The molecule has 0 radical (unpaired) electrons. The lowest BCUT2D eigenvalue weighted by molar-refractivity contribution is -0.122. The minimum absolute atomic E-state index is 0.173. The summed E-state index contributed by atoms with van der Waals surface area (Å²) in [4.78, 5) is 14.3. The molecule has 1 fully saturated rings. The number of rotatable bonds is 8. The summed E-state index contributed by atoms with van der Waals surface area (Å²) in [5.41, 5.74) is 5.65. The largest absolute Gasteiger partial charge is 0.354 e. The highest BCUT2D eigenvalue weighted by atomic mass is 16.1. The molecular formula is C16H33N3O. The highest BCUT2D eigenvalue weighted by molar-refractivity contribution is 5.76. The molecule has 0 aromatic heterocycles. The highest BCUT2D eigenvalue weighted by Crippen LogP contribution is 2.22. The van der Waals surface area contributed by atoms with Crippen molar-refractivity contribution >= 4 is 5.91 Å². The molecule has 1 saturated carbocycles. The van der Waals surface area contributed by atoms with Crippen molar-refractivity contribution in [2.24, 2.45) is 5.73 Å². The van der Waals surface area contributed by atoms with Crippen molar-refractivity contribution < 1.29 is 4.79 Å². The fraction of sp³-hybridized carbons (Fsp3) is 0.938. The Labute approximate surface area is 124 Å². The van der Waals surface area contributed by atoms with Gasteiger partial charge in [-0.15, -0.1) is 0 Å². The standard InChI is InChI=1S/C16H33N3O/c1-14(2)18-16(20)10-13-19(12-7-11-17)15-8-5-3-4-6-9-15/h14-15H,3-13,17H2,1-2H3,(H,18,20). The Hall–Kier alpha value is -0.610. The van der Waals surface area contributed by atoms with Gasteiger partial charge in [-0.25, -0.2) is 0 Å². The molecule has 4 nitrogen and oxygen atoms in total. The van der Waals surface area contributed by atoms with Gasteiger partial charge in [-0.05, 0) is 46.2 Å². The molecule has 0 aromatic rings. The average molecular weight is 283 g/mol. The van der Waals surface area contributed by atoms with Crippen molar-refractivity contribution in [1.29, 1.82) is 0 Å². The lowest BCUT2D eigenvalue weighted by atomic mass is 10.1. The second kappa shape index (κ2) is 10.2. The van der Waals surface area contributed by atoms with E-state index in [0.717, 1.165) is 26.1 Å². The van der Waals surface area contributed by atoms with Gasteiger partial charge in [0, 0.05) is 25.0 Å². The topological polar surface area (TPSA) is 58.4 Å². The molecule has 4 heteroatoms. The van der Waals surface area contributed by atoms with E-state index in [1.807, 2.05) is 13.8 Å². The third kappa shape index (κ3) is 7.25. The van der Waals surface area contributed by atoms with Gasteiger partial charge in [0.05, 0.1) is 0 Å². The quantitative estimate of drug-likeness (QED) is 0.672. The minimum atomic E-state index is 0.173. The van der Waals surface area contributed by atoms with Crippen LogP contribution < -0.4 is 11.1 Å². The summed E-state index contributed by atoms with van der Waals surface area (Å²) in [5.74, 6) is 0.173. The van der Waals surface area contributed by atoms with Gasteiger partial charge in [0.2, 0.25) is 5.91 Å². The summed E-state index contributed by atoms with van der Waals surface area (Å²) >= 11 is 0. The number of carbonyl (C=O) groups is 1. The molecule has 0 aromatic carbocycles. The van der Waals surface area contributed by atoms with Gasteiger partial charge in [-0.3, -0.25) is 9.69 Å². The molecule has 0 bridgehead atoms. The van der Waals surface area contributed by atoms with E-state index < -0.39 is 0 Å². The molecule has 118 valence electrons. The van der Waals surface area contributed by atoms with Crippen LogP contribution in [0.5, 0.6) is 0 Å². The zero-order valence-electron chi connectivity index (χ0n) is 13.4. The third-order valence-corrected chi connectivity index (χ3v) is 4.07. The van der Waals surface area contributed by atoms with Gasteiger partial charge in [0.15, 0.2) is 0 Å². The van der Waals surface area contributed by atoms with Crippen LogP contribution >= 0.6 is 0 Å². The lowest BCUT2D eigenvalue weighted by Crippen LogP contribution is -2.40. The summed E-state index contributed by atoms with van der Waals surface area (Å²) < 4.78 is 0. The Morgan fingerprint density at radius 2 is 1.85 bits per heavy atom. The summed E-state index contributed by atoms with van der Waals surface area (Å²) in [5, 5.41) is 2.98. The fourth-order valence-electron chi connectivity index (χ4n) is 3.03. The Kier molecular flexibility index (Phi) is 8.86. The van der Waals surface area contributed by atoms with Crippen molar-refractivity contribution in [1.82, 2.24) is 10.2 Å². The smallest absolute Gasteiger partial charge is 0.221 e. The molecule has 0 spiro atoms. The van der Waals surface area contributed by atoms with Crippen LogP contribution in [0.1, 0.15) is 65.2 Å². The van der Waals surface area contributed by atoms with E-state index in [9.17, 15) is 4.79 Å². The zero-order valence-corrected chi connectivity index (χ0v) is 13.4. The Morgan fingerprint density at radius 1 is 1.20 bits per heavy atom. The molecule has 0 aliphatic heterocycles. The molecule has 1 rings (SSSR count). The predicted molar refractivity (Wildman–Crippen MR) is 84.6 cm³/mol. The van der Waals surface area contributed by atoms with E-state index in [1.54, 1.807) is 0 Å². The first kappa shape index (κ1) is 17.4. The van der Waals surface area contributed by atoms with Gasteiger partial charge >= 0.3 is 0 Å². The first-order valence-electron chi connectivity index (χ1n) is 8.37. The van der Waals surface area contributed by atoms with Crippen molar-refractivity contribution in [3.8, 4) is 0 Å². The van der Waals surface area contributed by atoms with E-state index in [4.69, 9.17) is 5.73 Å². The summed E-state index contributed by atoms with van der Waals surface area (Å²) in [6, 6.07) is 0.897. The van der Waals surface area contributed by atoms with Crippen molar-refractivity contribution in [2.45, 2.75) is 77.3 Å². The summed E-state index contributed by atoms with van der Waals surface area (Å²) in [6.07, 6.45) is 9.63. The molecule has 0 saturated heterocycles. The molecule has 0 heterocycles. The molecule has 1 aliphatic carbocycles. The highest BCUT2D eigenvalue weighted by Gasteiger charge is 2.20. The maximum atomic E-state index is 11.8. The zero-order chi connectivity index (χ0) is 14.8. The number of nitrogens with two attached hydrogens (primary N) is 1. The molecule has 0 unspecified atom stereocenters. The molecule has 1 aliphatic rings. The molecule has 3 N–H and O–H groups in total. The first-order chi connectivity index (χ1) is 9.63. The van der Waals surface area contributed by atoms with Gasteiger partial charge in [0.1, 0.15) is 0 Å². The van der Waals surface area contributed by atoms with Crippen molar-refractivity contribution in [3.05, 3.63) is 0 Å². The lowest BCUT2D eigenvalue weighted by Gasteiger charge is -2.31. The van der Waals surface area contributed by atoms with Crippen LogP contribution in [0.15, 0.2) is 0 Å². The molecule has 1 amide bonds. The number of nitrogens with zero attached hydrogens (tertiary/aromatic N) is 1. The van der Waals surface area contributed by atoms with Crippen molar-refractivity contribution in [3.63, 3.8) is 0 Å². The number of amides is 1. The monoisotopic (exact) mass is 283 g/mol. The number of hydrogen-bond acceptors (Lipinski definition) is 3. The van der Waals surface area contributed by atoms with Crippen molar-refractivity contribution in [2.75, 3.05) is 19.6 Å². The first-order valence-corrected chi connectivity index (χ1v) is 8.37. The van der Waals surface area contributed by atoms with Crippen LogP contribution in [0.2, 0.25) is 0 Å². The van der Waals surface area contributed by atoms with E-state index >= 15 is 0 Å². The van der Waals surface area contributed by atoms with Gasteiger partial charge in [-0.2, -0.15) is 0 Å². The number of hydrogen-bond donors (Lipinski definition) is 2. The molecule has 20 heavy (non-hydrogen) atoms. The van der Waals surface area contributed by atoms with E-state index in [-0.39, 0.29) is 11.9 Å². The summed E-state index contributed by atoms with van der Waals surface area (Å²) in [7, 11) is 0. The van der Waals surface area contributed by atoms with Gasteiger partial charge < -0.3 is 11.1 Å². The maximum absolute atomic E-state index is 11.8. The van der Waals surface area contributed by atoms with Gasteiger partial charge in [-0.1, -0.05) is 25.7 Å². The normalized spacial score (nSPS) is 17.4. The number of carbonyl (C=O) groups excluding carboxylic acids is 1. The second-order valence-electron chi connectivity index (χ2n) is 6.30. The average Bonchev–Trinajstić information content (AvgIpc) is 2.67. The SMILES string of the molecule is CC(C)NC(=O)CCN(CCCN)C1CCCCCC1. The Morgan fingerprint density at radius 3 is 2.40 bits per heavy atom. The van der Waals surface area contributed by atoms with E-state index in [1.165, 1.54) is 38.5 Å². The fourth-order valence-corrected chi connectivity index (χ4v) is 3.03. The second-order valence-corrected chi connectivity index (χ2v) is 6.30. The van der Waals surface area contributed by atoms with Crippen LogP contribution in [0.4, 0.5) is 0 Å². The van der Waals surface area contributed by atoms with Crippen LogP contribution in [-0.4, -0.2) is 42.5 Å². The van der Waals surface area contributed by atoms with Gasteiger partial charge in [0.25, 0.3) is 0 Å². The minimum Gasteiger partial charge on any atom is -0.354 e. The third-order valence-electron chi connectivity index (χ3n) is 4.07.